The first-order chi connectivity index (χ1) is 13.5. The molecule has 0 atom stereocenters. The number of carbonyl (C=O) groups is 3. The van der Waals surface area contributed by atoms with Gasteiger partial charge < -0.3 is 14.8 Å². The zero-order chi connectivity index (χ0) is 21.6. The van der Waals surface area contributed by atoms with Gasteiger partial charge >= 0.3 is 12.1 Å². The second kappa shape index (κ2) is 9.62. The molecule has 9 heteroatoms. The molecule has 0 radical (unpaired) electrons. The molecule has 2 rings (SSSR count). The van der Waals surface area contributed by atoms with E-state index >= 15 is 0 Å². The lowest BCUT2D eigenvalue weighted by molar-refractivity contribution is -0.119. The van der Waals surface area contributed by atoms with Crippen LogP contribution in [0.5, 0.6) is 0 Å². The summed E-state index contributed by atoms with van der Waals surface area (Å²) in [7, 11) is 0. The van der Waals surface area contributed by atoms with Crippen LogP contribution in [0.4, 0.5) is 16.2 Å². The maximum Gasteiger partial charge on any atom is 0.412 e. The minimum absolute atomic E-state index is 0.159. The van der Waals surface area contributed by atoms with Gasteiger partial charge in [0.1, 0.15) is 5.60 Å². The zero-order valence-electron chi connectivity index (χ0n) is 16.0. The maximum absolute atomic E-state index is 12.2. The van der Waals surface area contributed by atoms with E-state index in [1.54, 1.807) is 39.0 Å². The van der Waals surface area contributed by atoms with Gasteiger partial charge in [-0.1, -0.05) is 29.3 Å². The van der Waals surface area contributed by atoms with Gasteiger partial charge in [-0.25, -0.2) is 9.59 Å². The molecule has 2 aromatic carbocycles. The topological polar surface area (TPSA) is 93.7 Å². The number of hydrogen-bond donors (Lipinski definition) is 2. The van der Waals surface area contributed by atoms with E-state index in [1.807, 2.05) is 0 Å². The average Bonchev–Trinajstić information content (AvgIpc) is 2.61. The summed E-state index contributed by atoms with van der Waals surface area (Å²) in [6, 6.07) is 10.7. The Kier molecular flexibility index (Phi) is 7.47. The summed E-state index contributed by atoms with van der Waals surface area (Å²) in [6.45, 7) is 4.69. The number of esters is 1. The van der Waals surface area contributed by atoms with E-state index in [4.69, 9.17) is 32.7 Å². The number of anilines is 2. The summed E-state index contributed by atoms with van der Waals surface area (Å²) in [5.41, 5.74) is 0.166. The van der Waals surface area contributed by atoms with E-state index in [1.165, 1.54) is 24.3 Å². The van der Waals surface area contributed by atoms with Crippen LogP contribution in [0.3, 0.4) is 0 Å². The van der Waals surface area contributed by atoms with Crippen LogP contribution in [0.25, 0.3) is 0 Å². The Morgan fingerprint density at radius 2 is 1.72 bits per heavy atom. The molecule has 29 heavy (non-hydrogen) atoms. The van der Waals surface area contributed by atoms with E-state index < -0.39 is 30.2 Å². The molecule has 0 aliphatic heterocycles. The van der Waals surface area contributed by atoms with Crippen molar-refractivity contribution < 1.29 is 23.9 Å². The summed E-state index contributed by atoms with van der Waals surface area (Å²) in [6.07, 6.45) is -0.652. The Labute approximate surface area is 178 Å². The van der Waals surface area contributed by atoms with Crippen LogP contribution < -0.4 is 10.6 Å². The molecule has 0 aromatic heterocycles. The van der Waals surface area contributed by atoms with Crippen LogP contribution in [-0.2, 0) is 14.3 Å². The number of nitrogens with one attached hydrogen (secondary N) is 2. The van der Waals surface area contributed by atoms with Gasteiger partial charge in [-0.05, 0) is 57.2 Å². The minimum atomic E-state index is -0.731. The quantitative estimate of drug-likeness (QED) is 0.630. The highest BCUT2D eigenvalue weighted by Gasteiger charge is 2.17. The highest BCUT2D eigenvalue weighted by atomic mass is 35.5. The molecule has 7 nitrogen and oxygen atoms in total. The lowest BCUT2D eigenvalue weighted by Crippen LogP contribution is -2.27. The van der Waals surface area contributed by atoms with E-state index in [2.05, 4.69) is 10.6 Å². The Bertz CT molecular complexity index is 925. The number of ether oxygens (including phenoxy) is 2. The van der Waals surface area contributed by atoms with Crippen molar-refractivity contribution in [2.24, 2.45) is 0 Å². The van der Waals surface area contributed by atoms with Crippen molar-refractivity contribution in [3.8, 4) is 0 Å². The second-order valence-corrected chi connectivity index (χ2v) is 7.80. The first kappa shape index (κ1) is 22.5. The van der Waals surface area contributed by atoms with Crippen LogP contribution in [-0.4, -0.2) is 30.2 Å². The average molecular weight is 439 g/mol. The summed E-state index contributed by atoms with van der Waals surface area (Å²) >= 11 is 11.8. The monoisotopic (exact) mass is 438 g/mol. The largest absolute Gasteiger partial charge is 0.452 e. The van der Waals surface area contributed by atoms with E-state index in [0.717, 1.165) is 0 Å². The number of benzene rings is 2. The predicted molar refractivity (Wildman–Crippen MR) is 112 cm³/mol. The van der Waals surface area contributed by atoms with Gasteiger partial charge in [-0.2, -0.15) is 0 Å². The molecule has 154 valence electrons. The smallest absolute Gasteiger partial charge is 0.412 e. The van der Waals surface area contributed by atoms with Crippen molar-refractivity contribution >= 4 is 52.5 Å². The first-order valence-electron chi connectivity index (χ1n) is 8.55. The molecule has 0 spiro atoms. The highest BCUT2D eigenvalue weighted by Crippen LogP contribution is 2.25. The van der Waals surface area contributed by atoms with Gasteiger partial charge in [0.05, 0.1) is 16.3 Å². The third-order valence-corrected chi connectivity index (χ3v) is 3.85. The summed E-state index contributed by atoms with van der Waals surface area (Å²) < 4.78 is 10.2. The molecule has 0 unspecified atom stereocenters. The van der Waals surface area contributed by atoms with Crippen LogP contribution in [0.15, 0.2) is 42.5 Å². The molecular formula is C20H20Cl2N2O5. The fourth-order valence-corrected chi connectivity index (χ4v) is 2.48. The zero-order valence-corrected chi connectivity index (χ0v) is 17.6. The van der Waals surface area contributed by atoms with Gasteiger partial charge in [-0.3, -0.25) is 10.1 Å². The number of amides is 2. The minimum Gasteiger partial charge on any atom is -0.452 e. The molecule has 0 saturated carbocycles. The molecule has 0 bridgehead atoms. The molecule has 2 N–H and O–H groups in total. The lowest BCUT2D eigenvalue weighted by Gasteiger charge is -2.19. The lowest BCUT2D eigenvalue weighted by atomic mass is 10.2. The van der Waals surface area contributed by atoms with Gasteiger partial charge in [0, 0.05) is 10.7 Å². The van der Waals surface area contributed by atoms with E-state index in [-0.39, 0.29) is 5.56 Å². The molecule has 0 aliphatic carbocycles. The normalized spacial score (nSPS) is 10.8. The van der Waals surface area contributed by atoms with Gasteiger partial charge in [0.15, 0.2) is 6.61 Å². The molecule has 2 amide bonds. The third-order valence-electron chi connectivity index (χ3n) is 3.28. The van der Waals surface area contributed by atoms with Crippen molar-refractivity contribution in [3.63, 3.8) is 0 Å². The van der Waals surface area contributed by atoms with Crippen molar-refractivity contribution in [3.05, 3.63) is 58.1 Å². The molecule has 0 saturated heterocycles. The second-order valence-electron chi connectivity index (χ2n) is 6.96. The summed E-state index contributed by atoms with van der Waals surface area (Å²) in [5.74, 6) is -1.31. The van der Waals surface area contributed by atoms with Gasteiger partial charge in [0.2, 0.25) is 0 Å². The van der Waals surface area contributed by atoms with Crippen molar-refractivity contribution in [1.29, 1.82) is 0 Å². The standard InChI is InChI=1S/C20H20Cl2N2O5/c1-20(2,3)29-19(27)23-14-6-4-5-12(9-14)18(26)28-11-17(25)24-16-10-13(21)7-8-15(16)22/h4-10H,11H2,1-3H3,(H,23,27)(H,24,25). The fraction of sp³-hybridized carbons (Fsp3) is 0.250. The summed E-state index contributed by atoms with van der Waals surface area (Å²) in [5, 5.41) is 5.74. The highest BCUT2D eigenvalue weighted by molar-refractivity contribution is 6.35. The Balaban J connectivity index is 1.92. The number of hydrogen-bond acceptors (Lipinski definition) is 5. The number of halogens is 2. The van der Waals surface area contributed by atoms with Gasteiger partial charge in [0.25, 0.3) is 5.91 Å². The molecule has 0 aliphatic rings. The van der Waals surface area contributed by atoms with Crippen molar-refractivity contribution in [1.82, 2.24) is 0 Å². The fourth-order valence-electron chi connectivity index (χ4n) is 2.14. The number of carbonyl (C=O) groups excluding carboxylic acids is 3. The van der Waals surface area contributed by atoms with Crippen LogP contribution in [0.2, 0.25) is 10.0 Å². The van der Waals surface area contributed by atoms with E-state index in [9.17, 15) is 14.4 Å². The maximum atomic E-state index is 12.2. The van der Waals surface area contributed by atoms with Crippen LogP contribution in [0.1, 0.15) is 31.1 Å². The predicted octanol–water partition coefficient (Wildman–Crippen LogP) is 5.14. The van der Waals surface area contributed by atoms with Crippen molar-refractivity contribution in [2.45, 2.75) is 26.4 Å². The molecule has 0 fully saturated rings. The Morgan fingerprint density at radius 1 is 1.00 bits per heavy atom. The van der Waals surface area contributed by atoms with Gasteiger partial charge in [-0.15, -0.1) is 0 Å². The third kappa shape index (κ3) is 7.63. The molecular weight excluding hydrogens is 419 g/mol. The van der Waals surface area contributed by atoms with Crippen LogP contribution in [0, 0.1) is 0 Å². The van der Waals surface area contributed by atoms with E-state index in [0.29, 0.717) is 21.4 Å². The number of rotatable bonds is 5. The Hall–Kier alpha value is -2.77. The summed E-state index contributed by atoms with van der Waals surface area (Å²) in [4.78, 5) is 36.0. The molecule has 0 heterocycles. The van der Waals surface area contributed by atoms with Crippen molar-refractivity contribution in [2.75, 3.05) is 17.2 Å². The van der Waals surface area contributed by atoms with Crippen LogP contribution >= 0.6 is 23.2 Å². The first-order valence-corrected chi connectivity index (χ1v) is 9.31. The SMILES string of the molecule is CC(C)(C)OC(=O)Nc1cccc(C(=O)OCC(=O)Nc2cc(Cl)ccc2Cl)c1. The Morgan fingerprint density at radius 3 is 2.41 bits per heavy atom. The molecule has 2 aromatic rings.